The third-order valence-corrected chi connectivity index (χ3v) is 4.20. The topological polar surface area (TPSA) is 72.7 Å². The molecule has 1 amide bonds. The van der Waals surface area contributed by atoms with Crippen LogP contribution in [0.3, 0.4) is 0 Å². The molecule has 0 saturated heterocycles. The van der Waals surface area contributed by atoms with Crippen LogP contribution in [0.5, 0.6) is 0 Å². The molecule has 18 heavy (non-hydrogen) atoms. The van der Waals surface area contributed by atoms with Crippen molar-refractivity contribution in [2.45, 2.75) is 37.3 Å². The first-order valence-corrected chi connectivity index (χ1v) is 7.39. The van der Waals surface area contributed by atoms with E-state index in [1.165, 1.54) is 19.3 Å². The number of tetrazole rings is 1. The Morgan fingerprint density at radius 2 is 2.22 bits per heavy atom. The third-order valence-electron chi connectivity index (χ3n) is 3.19. The summed E-state index contributed by atoms with van der Waals surface area (Å²) in [5.74, 6) is 1.25. The number of nitrogens with zero attached hydrogens (tertiary/aromatic N) is 4. The summed E-state index contributed by atoms with van der Waals surface area (Å²) >= 11 is 1.55. The van der Waals surface area contributed by atoms with Crippen LogP contribution in [-0.4, -0.2) is 38.4 Å². The Balaban J connectivity index is 1.63. The van der Waals surface area contributed by atoms with Gasteiger partial charge in [-0.25, -0.2) is 4.68 Å². The average Bonchev–Trinajstić information content (AvgIpc) is 2.81. The molecular formula is C11H19N5OS. The van der Waals surface area contributed by atoms with Crippen molar-refractivity contribution in [1.29, 1.82) is 0 Å². The lowest BCUT2D eigenvalue weighted by molar-refractivity contribution is -0.125. The second-order valence-electron chi connectivity index (χ2n) is 4.56. The first kappa shape index (κ1) is 13.3. The Hall–Kier alpha value is -1.11. The summed E-state index contributed by atoms with van der Waals surface area (Å²) in [7, 11) is 1.81. The van der Waals surface area contributed by atoms with E-state index in [2.05, 4.69) is 20.8 Å². The second kappa shape index (κ2) is 6.72. The Kier molecular flexibility index (Phi) is 4.98. The molecule has 1 heterocycles. The fourth-order valence-electron chi connectivity index (χ4n) is 2.17. The van der Waals surface area contributed by atoms with Gasteiger partial charge >= 0.3 is 0 Å². The molecule has 1 aliphatic rings. The van der Waals surface area contributed by atoms with Gasteiger partial charge in [0.2, 0.25) is 11.1 Å². The zero-order chi connectivity index (χ0) is 12.8. The molecule has 6 nitrogen and oxygen atoms in total. The Bertz CT molecular complexity index is 389. The Morgan fingerprint density at radius 1 is 1.44 bits per heavy atom. The summed E-state index contributed by atoms with van der Waals surface area (Å²) in [6.07, 6.45) is 5.76. The highest BCUT2D eigenvalue weighted by atomic mass is 32.2. The molecule has 1 fully saturated rings. The lowest BCUT2D eigenvalue weighted by Crippen LogP contribution is -2.33. The summed E-state index contributed by atoms with van der Waals surface area (Å²) in [6.45, 7) is 0.673. The minimum Gasteiger partial charge on any atom is -0.355 e. The number of rotatable bonds is 5. The predicted octanol–water partition coefficient (Wildman–Crippen LogP) is 0.999. The Morgan fingerprint density at radius 3 is 2.89 bits per heavy atom. The van der Waals surface area contributed by atoms with E-state index >= 15 is 0 Å². The molecule has 0 aliphatic heterocycles. The number of thioether (sulfide) groups is 1. The molecule has 1 aliphatic carbocycles. The number of aromatic nitrogens is 4. The van der Waals surface area contributed by atoms with E-state index in [9.17, 15) is 4.79 Å². The maximum absolute atomic E-state index is 11.9. The van der Waals surface area contributed by atoms with Crippen LogP contribution in [0.25, 0.3) is 0 Å². The van der Waals surface area contributed by atoms with Crippen molar-refractivity contribution < 1.29 is 4.79 Å². The molecule has 0 radical (unpaired) electrons. The van der Waals surface area contributed by atoms with Gasteiger partial charge < -0.3 is 5.32 Å². The number of aryl methyl sites for hydroxylation is 1. The smallest absolute Gasteiger partial charge is 0.223 e. The standard InChI is InChI=1S/C11H19N5OS/c1-16-11(13-14-15-16)18-8-7-12-10(17)9-5-3-2-4-6-9/h9H,2-8H2,1H3,(H,12,17). The highest BCUT2D eigenvalue weighted by Gasteiger charge is 2.20. The molecule has 1 aromatic rings. The lowest BCUT2D eigenvalue weighted by atomic mass is 9.89. The van der Waals surface area contributed by atoms with Gasteiger partial charge in [0.15, 0.2) is 0 Å². The van der Waals surface area contributed by atoms with E-state index in [0.717, 1.165) is 23.8 Å². The van der Waals surface area contributed by atoms with Gasteiger partial charge in [-0.2, -0.15) is 0 Å². The molecule has 1 aromatic heterocycles. The third kappa shape index (κ3) is 3.69. The zero-order valence-electron chi connectivity index (χ0n) is 10.6. The van der Waals surface area contributed by atoms with Gasteiger partial charge in [-0.15, -0.1) is 5.10 Å². The van der Waals surface area contributed by atoms with Crippen LogP contribution >= 0.6 is 11.8 Å². The van der Waals surface area contributed by atoms with Crippen LogP contribution in [0, 0.1) is 5.92 Å². The van der Waals surface area contributed by atoms with E-state index in [1.807, 2.05) is 7.05 Å². The van der Waals surface area contributed by atoms with Gasteiger partial charge in [0.25, 0.3) is 0 Å². The summed E-state index contributed by atoms with van der Waals surface area (Å²) in [5, 5.41) is 15.0. The summed E-state index contributed by atoms with van der Waals surface area (Å²) in [5.41, 5.74) is 0. The molecule has 0 bridgehead atoms. The number of hydrogen-bond acceptors (Lipinski definition) is 5. The zero-order valence-corrected chi connectivity index (χ0v) is 11.4. The van der Waals surface area contributed by atoms with Crippen LogP contribution in [0.15, 0.2) is 5.16 Å². The number of nitrogens with one attached hydrogen (secondary N) is 1. The van der Waals surface area contributed by atoms with Crippen LogP contribution in [0.4, 0.5) is 0 Å². The molecular weight excluding hydrogens is 250 g/mol. The molecule has 0 aromatic carbocycles. The fraction of sp³-hybridized carbons (Fsp3) is 0.818. The van der Waals surface area contributed by atoms with Crippen molar-refractivity contribution in [3.05, 3.63) is 0 Å². The van der Waals surface area contributed by atoms with Crippen molar-refractivity contribution in [2.24, 2.45) is 13.0 Å². The number of carbonyl (C=O) groups excluding carboxylic acids is 1. The van der Waals surface area contributed by atoms with E-state index < -0.39 is 0 Å². The Labute approximate surface area is 111 Å². The van der Waals surface area contributed by atoms with Crippen LogP contribution in [0.2, 0.25) is 0 Å². The van der Waals surface area contributed by atoms with Crippen LogP contribution < -0.4 is 5.32 Å². The monoisotopic (exact) mass is 269 g/mol. The van der Waals surface area contributed by atoms with Crippen molar-refractivity contribution in [3.63, 3.8) is 0 Å². The first-order valence-electron chi connectivity index (χ1n) is 6.40. The minimum atomic E-state index is 0.214. The summed E-state index contributed by atoms with van der Waals surface area (Å²) in [4.78, 5) is 11.9. The number of hydrogen-bond donors (Lipinski definition) is 1. The first-order chi connectivity index (χ1) is 8.77. The summed E-state index contributed by atoms with van der Waals surface area (Å²) < 4.78 is 1.63. The van der Waals surface area contributed by atoms with E-state index in [0.29, 0.717) is 6.54 Å². The second-order valence-corrected chi connectivity index (χ2v) is 5.62. The normalized spacial score (nSPS) is 16.7. The SMILES string of the molecule is Cn1nnnc1SCCNC(=O)C1CCCCC1. The average molecular weight is 269 g/mol. The lowest BCUT2D eigenvalue weighted by Gasteiger charge is -2.20. The largest absolute Gasteiger partial charge is 0.355 e. The van der Waals surface area contributed by atoms with Gasteiger partial charge in [0.1, 0.15) is 0 Å². The van der Waals surface area contributed by atoms with Crippen molar-refractivity contribution in [3.8, 4) is 0 Å². The molecule has 0 atom stereocenters. The molecule has 7 heteroatoms. The van der Waals surface area contributed by atoms with Crippen LogP contribution in [0.1, 0.15) is 32.1 Å². The van der Waals surface area contributed by atoms with Gasteiger partial charge in [0.05, 0.1) is 0 Å². The van der Waals surface area contributed by atoms with E-state index in [-0.39, 0.29) is 11.8 Å². The van der Waals surface area contributed by atoms with E-state index in [1.54, 1.807) is 16.4 Å². The molecule has 2 rings (SSSR count). The highest BCUT2D eigenvalue weighted by molar-refractivity contribution is 7.99. The molecule has 1 N–H and O–H groups in total. The van der Waals surface area contributed by atoms with Crippen molar-refractivity contribution >= 4 is 17.7 Å². The minimum absolute atomic E-state index is 0.214. The fourth-order valence-corrected chi connectivity index (χ4v) is 2.87. The summed E-state index contributed by atoms with van der Waals surface area (Å²) in [6, 6.07) is 0. The van der Waals surface area contributed by atoms with Crippen molar-refractivity contribution in [1.82, 2.24) is 25.5 Å². The number of carbonyl (C=O) groups is 1. The number of amides is 1. The maximum Gasteiger partial charge on any atom is 0.223 e. The molecule has 0 spiro atoms. The molecule has 1 saturated carbocycles. The van der Waals surface area contributed by atoms with E-state index in [4.69, 9.17) is 0 Å². The maximum atomic E-state index is 11.9. The van der Waals surface area contributed by atoms with Gasteiger partial charge in [0, 0.05) is 25.3 Å². The van der Waals surface area contributed by atoms with Gasteiger partial charge in [-0.05, 0) is 23.3 Å². The molecule has 0 unspecified atom stereocenters. The van der Waals surface area contributed by atoms with Crippen molar-refractivity contribution in [2.75, 3.05) is 12.3 Å². The highest BCUT2D eigenvalue weighted by Crippen LogP contribution is 2.23. The molecule has 100 valence electrons. The predicted molar refractivity (Wildman–Crippen MR) is 69.1 cm³/mol. The van der Waals surface area contributed by atoms with Gasteiger partial charge in [-0.1, -0.05) is 31.0 Å². The van der Waals surface area contributed by atoms with Gasteiger partial charge in [-0.3, -0.25) is 4.79 Å². The van der Waals surface area contributed by atoms with Crippen LogP contribution in [-0.2, 0) is 11.8 Å². The quantitative estimate of drug-likeness (QED) is 0.637.